The zero-order chi connectivity index (χ0) is 12.7. The largest absolute Gasteiger partial charge is 0.313 e. The van der Waals surface area contributed by atoms with E-state index >= 15 is 0 Å². The number of aryl methyl sites for hydroxylation is 1. The first-order valence-corrected chi connectivity index (χ1v) is 6.53. The number of nitrogens with one attached hydrogen (secondary N) is 1. The third-order valence-corrected chi connectivity index (χ3v) is 2.54. The number of hydrogen-bond acceptors (Lipinski definition) is 2. The molecule has 1 rings (SSSR count). The molecule has 1 aromatic rings. The van der Waals surface area contributed by atoms with Crippen LogP contribution >= 0.6 is 0 Å². The Labute approximate surface area is 105 Å². The second kappa shape index (κ2) is 7.28. The topological polar surface area (TPSA) is 29.9 Å². The van der Waals surface area contributed by atoms with Crippen LogP contribution in [0, 0.1) is 5.92 Å². The van der Waals surface area contributed by atoms with Crippen molar-refractivity contribution in [3.63, 3.8) is 0 Å². The molecular formula is C14H25N3. The molecule has 1 N–H and O–H groups in total. The van der Waals surface area contributed by atoms with Crippen LogP contribution in [0.15, 0.2) is 17.8 Å². The highest BCUT2D eigenvalue weighted by molar-refractivity contribution is 5.48. The van der Waals surface area contributed by atoms with Crippen molar-refractivity contribution in [2.75, 3.05) is 13.1 Å². The molecule has 0 bridgehead atoms. The van der Waals surface area contributed by atoms with Crippen LogP contribution in [0.4, 0.5) is 0 Å². The van der Waals surface area contributed by atoms with Gasteiger partial charge in [-0.15, -0.1) is 0 Å². The average molecular weight is 235 g/mol. The zero-order valence-electron chi connectivity index (χ0n) is 11.5. The van der Waals surface area contributed by atoms with Crippen molar-refractivity contribution in [2.45, 2.75) is 40.7 Å². The van der Waals surface area contributed by atoms with Gasteiger partial charge < -0.3 is 5.32 Å². The minimum Gasteiger partial charge on any atom is -0.313 e. The Morgan fingerprint density at radius 1 is 1.53 bits per heavy atom. The lowest BCUT2D eigenvalue weighted by Crippen LogP contribution is -2.21. The van der Waals surface area contributed by atoms with Gasteiger partial charge in [-0.3, -0.25) is 4.68 Å². The molecule has 0 aliphatic heterocycles. The van der Waals surface area contributed by atoms with Crippen LogP contribution in [0.3, 0.4) is 0 Å². The predicted molar refractivity (Wildman–Crippen MR) is 73.9 cm³/mol. The lowest BCUT2D eigenvalue weighted by atomic mass is 10.2. The summed E-state index contributed by atoms with van der Waals surface area (Å²) < 4.78 is 2.06. The van der Waals surface area contributed by atoms with E-state index in [0.717, 1.165) is 26.1 Å². The highest BCUT2D eigenvalue weighted by atomic mass is 15.3. The van der Waals surface area contributed by atoms with Crippen LogP contribution in [0.2, 0.25) is 0 Å². The van der Waals surface area contributed by atoms with Crippen molar-refractivity contribution in [3.05, 3.63) is 23.5 Å². The van der Waals surface area contributed by atoms with E-state index in [4.69, 9.17) is 0 Å². The van der Waals surface area contributed by atoms with E-state index < -0.39 is 0 Å². The first-order valence-electron chi connectivity index (χ1n) is 6.53. The van der Waals surface area contributed by atoms with E-state index in [2.05, 4.69) is 54.9 Å². The summed E-state index contributed by atoms with van der Waals surface area (Å²) in [6, 6.07) is 2.07. The molecule has 3 heteroatoms. The Morgan fingerprint density at radius 2 is 2.29 bits per heavy atom. The molecule has 0 fully saturated rings. The highest BCUT2D eigenvalue weighted by Gasteiger charge is 1.99. The van der Waals surface area contributed by atoms with E-state index in [1.165, 1.54) is 11.3 Å². The Kier molecular flexibility index (Phi) is 5.98. The quantitative estimate of drug-likeness (QED) is 0.787. The number of rotatable bonds is 7. The number of aromatic nitrogens is 2. The first-order chi connectivity index (χ1) is 8.13. The van der Waals surface area contributed by atoms with Gasteiger partial charge in [0.2, 0.25) is 0 Å². The summed E-state index contributed by atoms with van der Waals surface area (Å²) in [5.41, 5.74) is 2.55. The SMILES string of the molecule is CCCn1nccc1/C=C(/C)CNCC(C)C. The Bertz CT molecular complexity index is 350. The van der Waals surface area contributed by atoms with E-state index in [-0.39, 0.29) is 0 Å². The third kappa shape index (κ3) is 5.18. The summed E-state index contributed by atoms with van der Waals surface area (Å²) in [6.45, 7) is 11.8. The smallest absolute Gasteiger partial charge is 0.0609 e. The molecule has 0 radical (unpaired) electrons. The molecule has 1 heterocycles. The normalized spacial score (nSPS) is 12.4. The number of hydrogen-bond donors (Lipinski definition) is 1. The lowest BCUT2D eigenvalue weighted by Gasteiger charge is -2.08. The van der Waals surface area contributed by atoms with Crippen LogP contribution in [0.1, 0.15) is 39.8 Å². The van der Waals surface area contributed by atoms with Gasteiger partial charge in [0.1, 0.15) is 0 Å². The minimum absolute atomic E-state index is 0.702. The van der Waals surface area contributed by atoms with Crippen LogP contribution in [-0.2, 0) is 6.54 Å². The summed E-state index contributed by atoms with van der Waals surface area (Å²) in [6.07, 6.45) is 5.21. The van der Waals surface area contributed by atoms with E-state index in [0.29, 0.717) is 5.92 Å². The van der Waals surface area contributed by atoms with Gasteiger partial charge in [-0.2, -0.15) is 5.10 Å². The van der Waals surface area contributed by atoms with Gasteiger partial charge in [0.05, 0.1) is 5.69 Å². The fourth-order valence-corrected chi connectivity index (χ4v) is 1.73. The molecule has 0 spiro atoms. The van der Waals surface area contributed by atoms with Gasteiger partial charge in [-0.05, 0) is 37.9 Å². The van der Waals surface area contributed by atoms with Gasteiger partial charge >= 0.3 is 0 Å². The lowest BCUT2D eigenvalue weighted by molar-refractivity contribution is 0.571. The Balaban J connectivity index is 2.51. The second-order valence-corrected chi connectivity index (χ2v) is 4.99. The van der Waals surface area contributed by atoms with Gasteiger partial charge in [-0.25, -0.2) is 0 Å². The zero-order valence-corrected chi connectivity index (χ0v) is 11.5. The summed E-state index contributed by atoms with van der Waals surface area (Å²) in [4.78, 5) is 0. The van der Waals surface area contributed by atoms with Gasteiger partial charge in [-0.1, -0.05) is 26.3 Å². The van der Waals surface area contributed by atoms with Crippen LogP contribution in [0.25, 0.3) is 6.08 Å². The molecule has 0 unspecified atom stereocenters. The predicted octanol–water partition coefficient (Wildman–Crippen LogP) is 2.94. The fourth-order valence-electron chi connectivity index (χ4n) is 1.73. The standard InChI is InChI=1S/C14H25N3/c1-5-8-17-14(6-7-16-17)9-13(4)11-15-10-12(2)3/h6-7,9,12,15H,5,8,10-11H2,1-4H3/b13-9-. The summed E-state index contributed by atoms with van der Waals surface area (Å²) in [5.74, 6) is 0.702. The Hall–Kier alpha value is -1.09. The van der Waals surface area contributed by atoms with Crippen LogP contribution in [0.5, 0.6) is 0 Å². The van der Waals surface area contributed by atoms with Crippen molar-refractivity contribution >= 4 is 6.08 Å². The molecule has 0 aliphatic rings. The molecule has 96 valence electrons. The maximum atomic E-state index is 4.32. The third-order valence-electron chi connectivity index (χ3n) is 2.54. The van der Waals surface area contributed by atoms with Crippen LogP contribution < -0.4 is 5.32 Å². The van der Waals surface area contributed by atoms with Gasteiger partial charge in [0.25, 0.3) is 0 Å². The van der Waals surface area contributed by atoms with Crippen molar-refractivity contribution in [1.29, 1.82) is 0 Å². The van der Waals surface area contributed by atoms with Crippen molar-refractivity contribution in [1.82, 2.24) is 15.1 Å². The highest BCUT2D eigenvalue weighted by Crippen LogP contribution is 2.06. The summed E-state index contributed by atoms with van der Waals surface area (Å²) in [7, 11) is 0. The average Bonchev–Trinajstić information content (AvgIpc) is 2.66. The molecule has 0 saturated heterocycles. The van der Waals surface area contributed by atoms with Crippen molar-refractivity contribution in [2.24, 2.45) is 5.92 Å². The van der Waals surface area contributed by atoms with Gasteiger partial charge in [0, 0.05) is 19.3 Å². The molecule has 0 atom stereocenters. The van der Waals surface area contributed by atoms with E-state index in [9.17, 15) is 0 Å². The maximum Gasteiger partial charge on any atom is 0.0609 e. The molecule has 0 saturated carbocycles. The summed E-state index contributed by atoms with van der Waals surface area (Å²) in [5, 5.41) is 7.77. The molecular weight excluding hydrogens is 210 g/mol. The number of nitrogens with zero attached hydrogens (tertiary/aromatic N) is 2. The summed E-state index contributed by atoms with van der Waals surface area (Å²) >= 11 is 0. The molecule has 0 aliphatic carbocycles. The maximum absolute atomic E-state index is 4.32. The second-order valence-electron chi connectivity index (χ2n) is 4.99. The molecule has 3 nitrogen and oxygen atoms in total. The van der Waals surface area contributed by atoms with E-state index in [1.54, 1.807) is 0 Å². The minimum atomic E-state index is 0.702. The molecule has 0 aromatic carbocycles. The van der Waals surface area contributed by atoms with Crippen molar-refractivity contribution < 1.29 is 0 Å². The molecule has 0 amide bonds. The van der Waals surface area contributed by atoms with Gasteiger partial charge in [0.15, 0.2) is 0 Å². The molecule has 17 heavy (non-hydrogen) atoms. The van der Waals surface area contributed by atoms with Crippen molar-refractivity contribution in [3.8, 4) is 0 Å². The first kappa shape index (κ1) is 14.0. The van der Waals surface area contributed by atoms with E-state index in [1.807, 2.05) is 6.20 Å². The van der Waals surface area contributed by atoms with Crippen LogP contribution in [-0.4, -0.2) is 22.9 Å². The monoisotopic (exact) mass is 235 g/mol. The Morgan fingerprint density at radius 3 is 2.94 bits per heavy atom. The fraction of sp³-hybridized carbons (Fsp3) is 0.643. The molecule has 1 aromatic heterocycles.